The third-order valence-electron chi connectivity index (χ3n) is 9.10. The van der Waals surface area contributed by atoms with Gasteiger partial charge in [-0.1, -0.05) is 23.3 Å². The number of allylic oxidation sites excluding steroid dienone is 2. The van der Waals surface area contributed by atoms with Crippen molar-refractivity contribution in [1.82, 2.24) is 0 Å². The molecule has 3 aromatic rings. The highest BCUT2D eigenvalue weighted by atomic mass is 35.5. The van der Waals surface area contributed by atoms with Crippen molar-refractivity contribution in [3.05, 3.63) is 94.7 Å². The molecule has 2 aromatic carbocycles. The highest BCUT2D eigenvalue weighted by Gasteiger charge is 2.77. The summed E-state index contributed by atoms with van der Waals surface area (Å²) in [5.74, 6) is -6.21. The van der Waals surface area contributed by atoms with Gasteiger partial charge in [-0.2, -0.15) is 0 Å². The molecule has 1 N–H and O–H groups in total. The molecule has 3 heterocycles. The highest BCUT2D eigenvalue weighted by molar-refractivity contribution is 6.58. The molecule has 0 radical (unpaired) electrons. The normalized spacial score (nSPS) is 31.7. The van der Waals surface area contributed by atoms with E-state index in [2.05, 4.69) is 0 Å². The summed E-state index contributed by atoms with van der Waals surface area (Å²) in [6, 6.07) is 14.2. The molecule has 7 rings (SSSR count). The molecule has 2 aliphatic heterocycles. The fourth-order valence-electron chi connectivity index (χ4n) is 7.19. The third-order valence-corrected chi connectivity index (χ3v) is 10.8. The van der Waals surface area contributed by atoms with E-state index in [1.165, 1.54) is 18.2 Å². The quantitative estimate of drug-likeness (QED) is 0.234. The first-order valence-corrected chi connectivity index (χ1v) is 14.7. The molecule has 43 heavy (non-hydrogen) atoms. The van der Waals surface area contributed by atoms with Gasteiger partial charge in [0.2, 0.25) is 11.8 Å². The number of hydrogen-bond donors (Lipinski definition) is 1. The van der Waals surface area contributed by atoms with Crippen LogP contribution in [-0.2, 0) is 25.8 Å². The molecule has 4 amide bonds. The first-order valence-electron chi connectivity index (χ1n) is 13.6. The smallest absolute Gasteiger partial charge is 0.258 e. The van der Waals surface area contributed by atoms with Crippen LogP contribution in [0.2, 0.25) is 5.02 Å². The Balaban J connectivity index is 1.38. The van der Waals surface area contributed by atoms with Crippen LogP contribution in [-0.4, -0.2) is 38.5 Å². The number of amides is 4. The SMILES string of the molecule is O=C1[C@H]2[C@H](CC=C3[C@H]2C[C@@]2(Cl)C(=O)N(c4ccc(F)cc4)C(=O)[C@@]2(Cl)[C@H]3c2ccc(CO)o2)C(=O)N1c1ccc(Cl)cc1. The minimum Gasteiger partial charge on any atom is -0.463 e. The molecule has 2 saturated heterocycles. The first kappa shape index (κ1) is 28.3. The lowest BCUT2D eigenvalue weighted by molar-refractivity contribution is -0.125. The van der Waals surface area contributed by atoms with Gasteiger partial charge >= 0.3 is 0 Å². The number of rotatable bonds is 4. The molecule has 0 bridgehead atoms. The average Bonchev–Trinajstić information content (AvgIpc) is 3.61. The Labute approximate surface area is 259 Å². The topological polar surface area (TPSA) is 108 Å². The third kappa shape index (κ3) is 3.78. The van der Waals surface area contributed by atoms with Gasteiger partial charge < -0.3 is 9.52 Å². The number of aliphatic hydroxyl groups excluding tert-OH is 1. The molecular formula is C31H22Cl3FN2O6. The standard InChI is InChI=1S/C31H22Cl3FN2O6/c32-15-1-5-17(6-2-15)36-26(39)21-11-10-20-22(24(21)27(36)40)13-30(33)28(41)37(18-7-3-16(35)4-8-18)29(42)31(30,34)25(20)23-12-9-19(14-38)43-23/h1-10,12,21-22,24-25,38H,11,13-14H2/t21-,22+,24-,25+,30+,31-/m0/s1. The molecule has 0 spiro atoms. The predicted octanol–water partition coefficient (Wildman–Crippen LogP) is 5.33. The zero-order valence-corrected chi connectivity index (χ0v) is 24.4. The minimum absolute atomic E-state index is 0.0796. The maximum absolute atomic E-state index is 14.2. The summed E-state index contributed by atoms with van der Waals surface area (Å²) in [5, 5.41) is 10.2. The van der Waals surface area contributed by atoms with Crippen molar-refractivity contribution in [3.63, 3.8) is 0 Å². The second-order valence-corrected chi connectivity index (χ2v) is 12.9. The summed E-state index contributed by atoms with van der Waals surface area (Å²) in [7, 11) is 0. The van der Waals surface area contributed by atoms with Gasteiger partial charge in [-0.05, 0) is 79.4 Å². The number of alkyl halides is 2. The van der Waals surface area contributed by atoms with Gasteiger partial charge in [0.1, 0.15) is 23.9 Å². The summed E-state index contributed by atoms with van der Waals surface area (Å²) in [4.78, 5) is 53.9. The number of aliphatic hydroxyl groups is 1. The number of imide groups is 2. The zero-order chi connectivity index (χ0) is 30.4. The summed E-state index contributed by atoms with van der Waals surface area (Å²) >= 11 is 20.6. The second kappa shape index (κ2) is 9.75. The lowest BCUT2D eigenvalue weighted by atomic mass is 9.57. The van der Waals surface area contributed by atoms with Gasteiger partial charge in [0, 0.05) is 5.02 Å². The Hall–Kier alpha value is -3.50. The van der Waals surface area contributed by atoms with E-state index < -0.39 is 69.5 Å². The van der Waals surface area contributed by atoms with Crippen LogP contribution in [0.4, 0.5) is 15.8 Å². The maximum atomic E-state index is 14.2. The van der Waals surface area contributed by atoms with Gasteiger partial charge in [-0.3, -0.25) is 24.1 Å². The Kier molecular flexibility index (Phi) is 6.42. The number of fused-ring (bicyclic) bond motifs is 4. The summed E-state index contributed by atoms with van der Waals surface area (Å²) < 4.78 is 19.7. The molecule has 0 unspecified atom stereocenters. The maximum Gasteiger partial charge on any atom is 0.258 e. The van der Waals surface area contributed by atoms with Gasteiger partial charge in [-0.25, -0.2) is 9.29 Å². The van der Waals surface area contributed by atoms with Crippen molar-refractivity contribution >= 4 is 69.8 Å². The average molecular weight is 644 g/mol. The molecule has 12 heteroatoms. The fourth-order valence-corrected chi connectivity index (χ4v) is 8.23. The Morgan fingerprint density at radius 2 is 1.51 bits per heavy atom. The molecule has 1 aromatic heterocycles. The second-order valence-electron chi connectivity index (χ2n) is 11.2. The lowest BCUT2D eigenvalue weighted by Gasteiger charge is -2.49. The monoisotopic (exact) mass is 642 g/mol. The van der Waals surface area contributed by atoms with Crippen LogP contribution in [0.5, 0.6) is 0 Å². The van der Waals surface area contributed by atoms with Crippen molar-refractivity contribution in [3.8, 4) is 0 Å². The molecule has 3 fully saturated rings. The van der Waals surface area contributed by atoms with E-state index in [1.807, 2.05) is 0 Å². The molecule has 220 valence electrons. The van der Waals surface area contributed by atoms with E-state index in [-0.39, 0.29) is 30.0 Å². The number of nitrogens with zero attached hydrogens (tertiary/aromatic N) is 2. The van der Waals surface area contributed by atoms with E-state index in [4.69, 9.17) is 39.2 Å². The van der Waals surface area contributed by atoms with Crippen LogP contribution in [0.25, 0.3) is 0 Å². The number of carbonyl (C=O) groups is 4. The predicted molar refractivity (Wildman–Crippen MR) is 155 cm³/mol. The van der Waals surface area contributed by atoms with Crippen LogP contribution >= 0.6 is 34.8 Å². The largest absolute Gasteiger partial charge is 0.463 e. The molecule has 8 nitrogen and oxygen atoms in total. The summed E-state index contributed by atoms with van der Waals surface area (Å²) in [6.07, 6.45) is 1.75. The van der Waals surface area contributed by atoms with Crippen molar-refractivity contribution in [2.45, 2.75) is 35.1 Å². The fraction of sp³-hybridized carbons (Fsp3) is 0.290. The number of furan rings is 1. The molecule has 4 aliphatic rings. The zero-order valence-electron chi connectivity index (χ0n) is 22.2. The van der Waals surface area contributed by atoms with Gasteiger partial charge in [0.15, 0.2) is 9.75 Å². The molecule has 6 atom stereocenters. The van der Waals surface area contributed by atoms with E-state index in [9.17, 15) is 28.7 Å². The molecule has 2 aliphatic carbocycles. The van der Waals surface area contributed by atoms with Crippen LogP contribution in [0.15, 0.2) is 76.7 Å². The summed E-state index contributed by atoms with van der Waals surface area (Å²) in [6.45, 7) is -0.432. The van der Waals surface area contributed by atoms with E-state index in [1.54, 1.807) is 36.4 Å². The van der Waals surface area contributed by atoms with E-state index in [0.717, 1.165) is 21.9 Å². The summed E-state index contributed by atoms with van der Waals surface area (Å²) in [5.41, 5.74) is 0.992. The van der Waals surface area contributed by atoms with Crippen molar-refractivity contribution in [2.24, 2.45) is 17.8 Å². The van der Waals surface area contributed by atoms with Crippen LogP contribution in [0, 0.1) is 23.6 Å². The van der Waals surface area contributed by atoms with E-state index >= 15 is 0 Å². The lowest BCUT2D eigenvalue weighted by Crippen LogP contribution is -2.60. The minimum atomic E-state index is -2.11. The first-order chi connectivity index (χ1) is 20.5. The van der Waals surface area contributed by atoms with Crippen LogP contribution in [0.1, 0.15) is 30.3 Å². The number of carbonyl (C=O) groups excluding carboxylic acids is 4. The highest BCUT2D eigenvalue weighted by Crippen LogP contribution is 2.66. The number of benzene rings is 2. The Morgan fingerprint density at radius 1 is 0.860 bits per heavy atom. The van der Waals surface area contributed by atoms with Crippen molar-refractivity contribution in [1.29, 1.82) is 0 Å². The molecule has 1 saturated carbocycles. The number of anilines is 2. The number of hydrogen-bond acceptors (Lipinski definition) is 6. The molecular weight excluding hydrogens is 622 g/mol. The Bertz CT molecular complexity index is 1740. The van der Waals surface area contributed by atoms with Crippen molar-refractivity contribution in [2.75, 3.05) is 9.80 Å². The van der Waals surface area contributed by atoms with E-state index in [0.29, 0.717) is 16.3 Å². The van der Waals surface area contributed by atoms with Gasteiger partial charge in [0.05, 0.1) is 29.1 Å². The number of halogens is 4. The van der Waals surface area contributed by atoms with Crippen LogP contribution < -0.4 is 9.80 Å². The van der Waals surface area contributed by atoms with Gasteiger partial charge in [0.25, 0.3) is 11.8 Å². The van der Waals surface area contributed by atoms with Crippen molar-refractivity contribution < 1.29 is 33.1 Å². The Morgan fingerprint density at radius 3 is 2.16 bits per heavy atom. The van der Waals surface area contributed by atoms with Crippen LogP contribution in [0.3, 0.4) is 0 Å². The van der Waals surface area contributed by atoms with Gasteiger partial charge in [-0.15, -0.1) is 23.2 Å².